The second kappa shape index (κ2) is 14.8. The number of carbonyl (C=O) groups excluding carboxylic acids is 2. The average molecular weight is 633 g/mol. The molecule has 1 aromatic heterocycles. The highest BCUT2D eigenvalue weighted by Gasteiger charge is 2.43. The Morgan fingerprint density at radius 2 is 1.76 bits per heavy atom. The van der Waals surface area contributed by atoms with Gasteiger partial charge in [-0.1, -0.05) is 66.2 Å². The number of hydrogen-bond acceptors (Lipinski definition) is 6. The van der Waals surface area contributed by atoms with Gasteiger partial charge in [-0.25, -0.2) is 0 Å². The SMILES string of the molecule is CC(=O)NC(C)(CC1C=Cc2ccccc2C1)C(=O)NC(C)(Cc1ccc(Cl)cc1)C(O)NC(CCc1cccnc1)C(=O)O. The third-order valence-electron chi connectivity index (χ3n) is 8.30. The molecule has 238 valence electrons. The van der Waals surface area contributed by atoms with Crippen LogP contribution in [0.1, 0.15) is 55.9 Å². The summed E-state index contributed by atoms with van der Waals surface area (Å²) in [7, 11) is 0. The summed E-state index contributed by atoms with van der Waals surface area (Å²) in [5, 5.41) is 30.8. The molecule has 0 saturated heterocycles. The van der Waals surface area contributed by atoms with E-state index in [1.807, 2.05) is 30.3 Å². The van der Waals surface area contributed by atoms with Gasteiger partial charge in [-0.05, 0) is 92.3 Å². The smallest absolute Gasteiger partial charge is 0.320 e. The first kappa shape index (κ1) is 33.8. The van der Waals surface area contributed by atoms with Gasteiger partial charge in [0, 0.05) is 24.3 Å². The molecule has 4 rings (SSSR count). The number of carboxylic acids is 1. The lowest BCUT2D eigenvalue weighted by molar-refractivity contribution is -0.142. The van der Waals surface area contributed by atoms with Gasteiger partial charge < -0.3 is 20.8 Å². The maximum absolute atomic E-state index is 14.2. The molecule has 45 heavy (non-hydrogen) atoms. The van der Waals surface area contributed by atoms with E-state index in [1.165, 1.54) is 6.92 Å². The predicted octanol–water partition coefficient (Wildman–Crippen LogP) is 4.32. The Morgan fingerprint density at radius 3 is 2.42 bits per heavy atom. The molecule has 0 saturated carbocycles. The Morgan fingerprint density at radius 1 is 1.02 bits per heavy atom. The molecule has 2 aromatic carbocycles. The molecule has 9 nitrogen and oxygen atoms in total. The molecule has 0 bridgehead atoms. The summed E-state index contributed by atoms with van der Waals surface area (Å²) in [5.41, 5.74) is 1.19. The van der Waals surface area contributed by atoms with Gasteiger partial charge in [0.25, 0.3) is 0 Å². The highest BCUT2D eigenvalue weighted by atomic mass is 35.5. The second-order valence-electron chi connectivity index (χ2n) is 12.3. The molecule has 5 unspecified atom stereocenters. The molecule has 2 amide bonds. The standard InChI is InChI=1S/C35H41ClN4O5/c1-23(41)39-35(3,21-26-10-14-27-8-4-5-9-28(27)19-26)33(45)40-34(2,20-24-11-15-29(36)16-12-24)32(44)38-30(31(42)43)17-13-25-7-6-18-37-22-25/h4-12,14-16,18,22,26,30,32,38,44H,13,17,19-21H2,1-3H3,(H,39,41)(H,40,45)(H,42,43). The number of pyridine rings is 1. The molecular weight excluding hydrogens is 592 g/mol. The number of hydrogen-bond donors (Lipinski definition) is 5. The van der Waals surface area contributed by atoms with E-state index in [9.17, 15) is 24.6 Å². The second-order valence-corrected chi connectivity index (χ2v) is 12.7. The normalized spacial score (nSPS) is 18.0. The minimum atomic E-state index is -1.48. The first-order valence-electron chi connectivity index (χ1n) is 15.0. The number of carbonyl (C=O) groups is 3. The molecule has 0 radical (unpaired) electrons. The van der Waals surface area contributed by atoms with Gasteiger partial charge in [0.05, 0.1) is 5.54 Å². The molecule has 10 heteroatoms. The van der Waals surface area contributed by atoms with Gasteiger partial charge in [0.2, 0.25) is 11.8 Å². The van der Waals surface area contributed by atoms with E-state index in [0.29, 0.717) is 24.3 Å². The maximum Gasteiger partial charge on any atom is 0.320 e. The number of carboxylic acid groups (broad SMARTS) is 1. The van der Waals surface area contributed by atoms with Crippen molar-refractivity contribution in [3.05, 3.63) is 106 Å². The summed E-state index contributed by atoms with van der Waals surface area (Å²) in [4.78, 5) is 42.9. The Balaban J connectivity index is 1.58. The third-order valence-corrected chi connectivity index (χ3v) is 8.55. The van der Waals surface area contributed by atoms with Crippen LogP contribution in [0.25, 0.3) is 6.08 Å². The summed E-state index contributed by atoms with van der Waals surface area (Å²) >= 11 is 6.10. The van der Waals surface area contributed by atoms with E-state index < -0.39 is 35.2 Å². The summed E-state index contributed by atoms with van der Waals surface area (Å²) in [6.45, 7) is 4.69. The van der Waals surface area contributed by atoms with Crippen LogP contribution in [0.15, 0.2) is 79.1 Å². The fourth-order valence-electron chi connectivity index (χ4n) is 5.87. The van der Waals surface area contributed by atoms with Crippen LogP contribution in [0.2, 0.25) is 5.02 Å². The summed E-state index contributed by atoms with van der Waals surface area (Å²) in [6.07, 6.45) is 7.69. The molecule has 1 heterocycles. The first-order valence-corrected chi connectivity index (χ1v) is 15.4. The van der Waals surface area contributed by atoms with Gasteiger partial charge in [0.1, 0.15) is 17.8 Å². The van der Waals surface area contributed by atoms with E-state index in [0.717, 1.165) is 22.3 Å². The quantitative estimate of drug-likeness (QED) is 0.167. The van der Waals surface area contributed by atoms with Crippen molar-refractivity contribution in [1.82, 2.24) is 20.9 Å². The van der Waals surface area contributed by atoms with Crippen LogP contribution in [-0.4, -0.2) is 56.3 Å². The number of aryl methyl sites for hydroxylation is 1. The summed E-state index contributed by atoms with van der Waals surface area (Å²) in [5.74, 6) is -2.03. The van der Waals surface area contributed by atoms with Crippen molar-refractivity contribution < 1.29 is 24.6 Å². The van der Waals surface area contributed by atoms with Gasteiger partial charge in [-0.2, -0.15) is 0 Å². The molecular formula is C35H41ClN4O5. The Bertz CT molecular complexity index is 1520. The molecule has 0 spiro atoms. The molecule has 3 aromatic rings. The van der Waals surface area contributed by atoms with Crippen molar-refractivity contribution in [1.29, 1.82) is 0 Å². The third kappa shape index (κ3) is 9.23. The molecule has 0 fully saturated rings. The van der Waals surface area contributed by atoms with Crippen molar-refractivity contribution in [2.45, 2.75) is 76.2 Å². The molecule has 0 aliphatic heterocycles. The summed E-state index contributed by atoms with van der Waals surface area (Å²) < 4.78 is 0. The van der Waals surface area contributed by atoms with Crippen LogP contribution in [0, 0.1) is 5.92 Å². The van der Waals surface area contributed by atoms with Gasteiger partial charge in [0.15, 0.2) is 0 Å². The van der Waals surface area contributed by atoms with Crippen molar-refractivity contribution in [2.24, 2.45) is 5.92 Å². The molecule has 1 aliphatic rings. The van der Waals surface area contributed by atoms with Gasteiger partial charge in [-0.15, -0.1) is 0 Å². The lowest BCUT2D eigenvalue weighted by Gasteiger charge is -2.41. The largest absolute Gasteiger partial charge is 0.480 e. The summed E-state index contributed by atoms with van der Waals surface area (Å²) in [6, 6.07) is 17.6. The number of allylic oxidation sites excluding steroid dienone is 1. The first-order chi connectivity index (χ1) is 21.4. The number of aliphatic carboxylic acids is 1. The molecule has 5 N–H and O–H groups in total. The number of aliphatic hydroxyl groups excluding tert-OH is 1. The van der Waals surface area contributed by atoms with Gasteiger partial charge >= 0.3 is 5.97 Å². The number of nitrogens with zero attached hydrogens (tertiary/aromatic N) is 1. The average Bonchev–Trinajstić information content (AvgIpc) is 3.00. The topological polar surface area (TPSA) is 141 Å². The number of aromatic nitrogens is 1. The number of halogens is 1. The molecule has 5 atom stereocenters. The fraction of sp³-hybridized carbons (Fsp3) is 0.371. The van der Waals surface area contributed by atoms with Crippen molar-refractivity contribution >= 4 is 35.5 Å². The highest BCUT2D eigenvalue weighted by Crippen LogP contribution is 2.30. The number of amides is 2. The minimum Gasteiger partial charge on any atom is -0.480 e. The number of benzene rings is 2. The van der Waals surface area contributed by atoms with Crippen LogP contribution in [-0.2, 0) is 33.6 Å². The lowest BCUT2D eigenvalue weighted by atomic mass is 9.80. The number of rotatable bonds is 14. The number of aliphatic hydroxyl groups is 1. The van der Waals surface area contributed by atoms with Crippen molar-refractivity contribution in [3.8, 4) is 0 Å². The maximum atomic E-state index is 14.2. The zero-order valence-electron chi connectivity index (χ0n) is 25.8. The van der Waals surface area contributed by atoms with Crippen LogP contribution >= 0.6 is 11.6 Å². The van der Waals surface area contributed by atoms with E-state index in [1.54, 1.807) is 56.6 Å². The van der Waals surface area contributed by atoms with E-state index in [-0.39, 0.29) is 24.7 Å². The Labute approximate surface area is 269 Å². The van der Waals surface area contributed by atoms with Crippen molar-refractivity contribution in [2.75, 3.05) is 0 Å². The van der Waals surface area contributed by atoms with Crippen LogP contribution in [0.4, 0.5) is 0 Å². The number of nitrogens with one attached hydrogen (secondary N) is 3. The van der Waals surface area contributed by atoms with Crippen LogP contribution in [0.3, 0.4) is 0 Å². The van der Waals surface area contributed by atoms with Crippen molar-refractivity contribution in [3.63, 3.8) is 0 Å². The zero-order chi connectivity index (χ0) is 32.6. The Kier molecular flexibility index (Phi) is 11.1. The van der Waals surface area contributed by atoms with E-state index >= 15 is 0 Å². The van der Waals surface area contributed by atoms with E-state index in [4.69, 9.17) is 11.6 Å². The number of fused-ring (bicyclic) bond motifs is 1. The Hall–Kier alpha value is -4.05. The van der Waals surface area contributed by atoms with Crippen LogP contribution in [0.5, 0.6) is 0 Å². The van der Waals surface area contributed by atoms with E-state index in [2.05, 4.69) is 33.1 Å². The molecule has 1 aliphatic carbocycles. The van der Waals surface area contributed by atoms with Crippen LogP contribution < -0.4 is 16.0 Å². The van der Waals surface area contributed by atoms with Gasteiger partial charge in [-0.3, -0.25) is 24.7 Å². The minimum absolute atomic E-state index is 0.0306. The monoisotopic (exact) mass is 632 g/mol. The zero-order valence-corrected chi connectivity index (χ0v) is 26.6. The predicted molar refractivity (Wildman–Crippen MR) is 174 cm³/mol. The highest BCUT2D eigenvalue weighted by molar-refractivity contribution is 6.30. The fourth-order valence-corrected chi connectivity index (χ4v) is 5.99. The lowest BCUT2D eigenvalue weighted by Crippen LogP contribution is -2.68.